The zero-order valence-corrected chi connectivity index (χ0v) is 14.8. The first-order chi connectivity index (χ1) is 13.0. The molecule has 0 fully saturated rings. The second kappa shape index (κ2) is 6.71. The molecule has 0 unspecified atom stereocenters. The van der Waals surface area contributed by atoms with Crippen molar-refractivity contribution in [3.8, 4) is 5.69 Å². The van der Waals surface area contributed by atoms with Crippen LogP contribution in [0.1, 0.15) is 33.7 Å². The Kier molecular flexibility index (Phi) is 4.23. The summed E-state index contributed by atoms with van der Waals surface area (Å²) in [5.74, 6) is -1.02. The van der Waals surface area contributed by atoms with Crippen LogP contribution in [0, 0.1) is 6.92 Å². The van der Waals surface area contributed by atoms with Gasteiger partial charge in [-0.3, -0.25) is 14.3 Å². The predicted molar refractivity (Wildman–Crippen MR) is 98.1 cm³/mol. The molecule has 2 N–H and O–H groups in total. The number of carboxylic acids is 1. The van der Waals surface area contributed by atoms with Gasteiger partial charge < -0.3 is 10.4 Å². The average Bonchev–Trinajstić information content (AvgIpc) is 3.32. The summed E-state index contributed by atoms with van der Waals surface area (Å²) in [5, 5.41) is 20.2. The van der Waals surface area contributed by atoms with Crippen molar-refractivity contribution in [2.24, 2.45) is 0 Å². The van der Waals surface area contributed by atoms with Gasteiger partial charge >= 0.3 is 5.97 Å². The molecule has 1 aliphatic carbocycles. The lowest BCUT2D eigenvalue weighted by atomic mass is 10.2. The summed E-state index contributed by atoms with van der Waals surface area (Å²) >= 11 is 0. The minimum Gasteiger partial charge on any atom is -0.480 e. The van der Waals surface area contributed by atoms with Crippen LogP contribution in [0.4, 0.5) is 5.82 Å². The number of nitrogens with one attached hydrogen (secondary N) is 1. The Balaban J connectivity index is 1.63. The standard InChI is InChI=1S/C19H19N5O3/c1-12-5-2-3-7-14(12)24-15-8-4-6-13(15)18(22-24)19(27)20-16-9-10-23(21-16)11-17(25)26/h2-3,5,7,9-10H,4,6,8,11H2,1H3,(H,25,26)(H,20,21,27). The molecule has 2 aromatic heterocycles. The van der Waals surface area contributed by atoms with Crippen molar-refractivity contribution < 1.29 is 14.7 Å². The molecule has 0 bridgehead atoms. The van der Waals surface area contributed by atoms with Crippen LogP contribution in [-0.4, -0.2) is 36.5 Å². The number of nitrogens with zero attached hydrogens (tertiary/aromatic N) is 4. The Labute approximate surface area is 155 Å². The fourth-order valence-electron chi connectivity index (χ4n) is 3.45. The summed E-state index contributed by atoms with van der Waals surface area (Å²) in [5.41, 5.74) is 4.51. The van der Waals surface area contributed by atoms with Crippen LogP contribution in [0.3, 0.4) is 0 Å². The van der Waals surface area contributed by atoms with Crippen LogP contribution in [-0.2, 0) is 24.2 Å². The number of hydrogen-bond acceptors (Lipinski definition) is 4. The van der Waals surface area contributed by atoms with Crippen molar-refractivity contribution in [2.75, 3.05) is 5.32 Å². The summed E-state index contributed by atoms with van der Waals surface area (Å²) in [7, 11) is 0. The Hall–Kier alpha value is -3.42. The second-order valence-electron chi connectivity index (χ2n) is 6.57. The first-order valence-corrected chi connectivity index (χ1v) is 8.76. The van der Waals surface area contributed by atoms with Crippen LogP contribution in [0.15, 0.2) is 36.5 Å². The number of hydrogen-bond donors (Lipinski definition) is 2. The molecular weight excluding hydrogens is 346 g/mol. The molecule has 3 aromatic rings. The van der Waals surface area contributed by atoms with Crippen LogP contribution < -0.4 is 5.32 Å². The van der Waals surface area contributed by atoms with Crippen molar-refractivity contribution in [3.05, 3.63) is 59.0 Å². The van der Waals surface area contributed by atoms with E-state index in [0.29, 0.717) is 11.5 Å². The molecule has 0 saturated carbocycles. The zero-order valence-electron chi connectivity index (χ0n) is 14.8. The van der Waals surface area contributed by atoms with Crippen molar-refractivity contribution in [1.29, 1.82) is 0 Å². The minimum absolute atomic E-state index is 0.257. The molecule has 0 radical (unpaired) electrons. The first-order valence-electron chi connectivity index (χ1n) is 8.76. The molecule has 8 heteroatoms. The molecule has 1 aliphatic rings. The molecule has 4 rings (SSSR count). The second-order valence-corrected chi connectivity index (χ2v) is 6.57. The molecule has 1 aromatic carbocycles. The van der Waals surface area contributed by atoms with E-state index in [0.717, 1.165) is 41.8 Å². The van der Waals surface area contributed by atoms with Crippen molar-refractivity contribution in [3.63, 3.8) is 0 Å². The van der Waals surface area contributed by atoms with Gasteiger partial charge in [0.15, 0.2) is 11.5 Å². The highest BCUT2D eigenvalue weighted by atomic mass is 16.4. The van der Waals surface area contributed by atoms with E-state index in [2.05, 4.69) is 15.5 Å². The molecule has 8 nitrogen and oxygen atoms in total. The molecule has 0 saturated heterocycles. The maximum Gasteiger partial charge on any atom is 0.325 e. The van der Waals surface area contributed by atoms with E-state index in [1.54, 1.807) is 6.07 Å². The highest BCUT2D eigenvalue weighted by Crippen LogP contribution is 2.29. The lowest BCUT2D eigenvalue weighted by molar-refractivity contribution is -0.137. The van der Waals surface area contributed by atoms with Gasteiger partial charge in [0.25, 0.3) is 5.91 Å². The topological polar surface area (TPSA) is 102 Å². The van der Waals surface area contributed by atoms with Gasteiger partial charge in [0.2, 0.25) is 0 Å². The van der Waals surface area contributed by atoms with Gasteiger partial charge in [0.1, 0.15) is 6.54 Å². The molecule has 138 valence electrons. The number of rotatable bonds is 5. The number of carbonyl (C=O) groups is 2. The Morgan fingerprint density at radius 1 is 1.19 bits per heavy atom. The van der Waals surface area contributed by atoms with Gasteiger partial charge in [-0.15, -0.1) is 0 Å². The van der Waals surface area contributed by atoms with Crippen LogP contribution in [0.2, 0.25) is 0 Å². The van der Waals surface area contributed by atoms with E-state index in [4.69, 9.17) is 5.11 Å². The molecule has 0 aliphatic heterocycles. The third kappa shape index (κ3) is 3.21. The van der Waals surface area contributed by atoms with Gasteiger partial charge in [-0.2, -0.15) is 10.2 Å². The fourth-order valence-corrected chi connectivity index (χ4v) is 3.45. The fraction of sp³-hybridized carbons (Fsp3) is 0.263. The predicted octanol–water partition coefficient (Wildman–Crippen LogP) is 2.20. The lowest BCUT2D eigenvalue weighted by Gasteiger charge is -2.08. The summed E-state index contributed by atoms with van der Waals surface area (Å²) in [6.45, 7) is 1.76. The smallest absolute Gasteiger partial charge is 0.325 e. The Morgan fingerprint density at radius 2 is 2.00 bits per heavy atom. The number of carbonyl (C=O) groups excluding carboxylic acids is 1. The highest BCUT2D eigenvalue weighted by molar-refractivity contribution is 6.03. The first kappa shape index (κ1) is 17.0. The van der Waals surface area contributed by atoms with Crippen molar-refractivity contribution in [1.82, 2.24) is 19.6 Å². The minimum atomic E-state index is -0.995. The normalized spacial score (nSPS) is 12.8. The van der Waals surface area contributed by atoms with E-state index >= 15 is 0 Å². The number of para-hydroxylation sites is 1. The molecule has 1 amide bonds. The Bertz CT molecular complexity index is 1030. The van der Waals surface area contributed by atoms with E-state index in [9.17, 15) is 9.59 Å². The number of aliphatic carboxylic acids is 1. The number of carboxylic acid groups (broad SMARTS) is 1. The highest BCUT2D eigenvalue weighted by Gasteiger charge is 2.27. The molecule has 27 heavy (non-hydrogen) atoms. The lowest BCUT2D eigenvalue weighted by Crippen LogP contribution is -2.16. The number of aryl methyl sites for hydroxylation is 1. The van der Waals surface area contributed by atoms with Crippen LogP contribution in [0.5, 0.6) is 0 Å². The molecule has 2 heterocycles. The van der Waals surface area contributed by atoms with E-state index in [1.165, 1.54) is 10.9 Å². The molecule has 0 spiro atoms. The zero-order chi connectivity index (χ0) is 19.0. The largest absolute Gasteiger partial charge is 0.480 e. The van der Waals surface area contributed by atoms with Crippen molar-refractivity contribution in [2.45, 2.75) is 32.7 Å². The van der Waals surface area contributed by atoms with E-state index < -0.39 is 5.97 Å². The third-order valence-electron chi connectivity index (χ3n) is 4.67. The summed E-state index contributed by atoms with van der Waals surface area (Å²) in [4.78, 5) is 23.5. The monoisotopic (exact) mass is 365 g/mol. The number of aromatic nitrogens is 4. The summed E-state index contributed by atoms with van der Waals surface area (Å²) in [6.07, 6.45) is 4.21. The maximum atomic E-state index is 12.8. The quantitative estimate of drug-likeness (QED) is 0.722. The number of benzene rings is 1. The van der Waals surface area contributed by atoms with E-state index in [-0.39, 0.29) is 12.5 Å². The van der Waals surface area contributed by atoms with Gasteiger partial charge in [0, 0.05) is 23.5 Å². The molecule has 0 atom stereocenters. The van der Waals surface area contributed by atoms with E-state index in [1.807, 2.05) is 35.9 Å². The van der Waals surface area contributed by atoms with Gasteiger partial charge in [-0.05, 0) is 37.8 Å². The Morgan fingerprint density at radius 3 is 2.78 bits per heavy atom. The number of fused-ring (bicyclic) bond motifs is 1. The summed E-state index contributed by atoms with van der Waals surface area (Å²) < 4.78 is 3.13. The van der Waals surface area contributed by atoms with Gasteiger partial charge in [-0.1, -0.05) is 18.2 Å². The maximum absolute atomic E-state index is 12.8. The van der Waals surface area contributed by atoms with Crippen LogP contribution >= 0.6 is 0 Å². The van der Waals surface area contributed by atoms with Gasteiger partial charge in [0.05, 0.1) is 5.69 Å². The van der Waals surface area contributed by atoms with Gasteiger partial charge in [-0.25, -0.2) is 4.68 Å². The SMILES string of the molecule is Cc1ccccc1-n1nc(C(=O)Nc2ccn(CC(=O)O)n2)c2c1CCC2. The van der Waals surface area contributed by atoms with Crippen LogP contribution in [0.25, 0.3) is 5.69 Å². The third-order valence-corrected chi connectivity index (χ3v) is 4.67. The van der Waals surface area contributed by atoms with Crippen molar-refractivity contribution >= 4 is 17.7 Å². The average molecular weight is 365 g/mol. The molecular formula is C19H19N5O3. The number of amides is 1. The number of anilines is 1. The summed E-state index contributed by atoms with van der Waals surface area (Å²) in [6, 6.07) is 9.52.